The Labute approximate surface area is 169 Å². The van der Waals surface area contributed by atoms with Crippen molar-refractivity contribution in [1.29, 1.82) is 0 Å². The highest BCUT2D eigenvalue weighted by molar-refractivity contribution is 6.42. The van der Waals surface area contributed by atoms with Crippen LogP contribution >= 0.6 is 23.2 Å². The Bertz CT molecular complexity index is 1040. The Morgan fingerprint density at radius 1 is 1.21 bits per heavy atom. The van der Waals surface area contributed by atoms with Crippen molar-refractivity contribution in [2.45, 2.75) is 25.2 Å². The number of benzene rings is 1. The average molecular weight is 426 g/mol. The van der Waals surface area contributed by atoms with Gasteiger partial charge < -0.3 is 4.90 Å². The topological polar surface area (TPSA) is 63.4 Å². The van der Waals surface area contributed by atoms with Crippen LogP contribution in [0.4, 0.5) is 8.78 Å². The number of hydrogen-bond acceptors (Lipinski definition) is 4. The van der Waals surface area contributed by atoms with Gasteiger partial charge in [-0.1, -0.05) is 23.2 Å². The van der Waals surface area contributed by atoms with E-state index in [1.807, 2.05) is 0 Å². The summed E-state index contributed by atoms with van der Waals surface area (Å²) in [5, 5.41) is 4.79. The summed E-state index contributed by atoms with van der Waals surface area (Å²) in [6.07, 6.45) is 0.0493. The average Bonchev–Trinajstić information content (AvgIpc) is 3.17. The summed E-state index contributed by atoms with van der Waals surface area (Å²) in [6, 6.07) is 6.09. The number of hydrogen-bond donors (Lipinski definition) is 0. The van der Waals surface area contributed by atoms with Gasteiger partial charge in [-0.15, -0.1) is 0 Å². The molecule has 6 nitrogen and oxygen atoms in total. The fraction of sp³-hybridized carbons (Fsp3) is 0.333. The van der Waals surface area contributed by atoms with E-state index >= 15 is 0 Å². The summed E-state index contributed by atoms with van der Waals surface area (Å²) in [5.41, 5.74) is 0.664. The summed E-state index contributed by atoms with van der Waals surface area (Å²) in [7, 11) is 0. The number of amides is 1. The van der Waals surface area contributed by atoms with Crippen molar-refractivity contribution in [2.75, 3.05) is 13.1 Å². The molecule has 1 aliphatic heterocycles. The van der Waals surface area contributed by atoms with Crippen LogP contribution in [0.3, 0.4) is 0 Å². The highest BCUT2D eigenvalue weighted by Crippen LogP contribution is 2.31. The molecule has 0 radical (unpaired) electrons. The van der Waals surface area contributed by atoms with Crippen molar-refractivity contribution in [3.63, 3.8) is 0 Å². The summed E-state index contributed by atoms with van der Waals surface area (Å²) in [4.78, 5) is 22.4. The van der Waals surface area contributed by atoms with Gasteiger partial charge in [0.1, 0.15) is 12.0 Å². The van der Waals surface area contributed by atoms with Gasteiger partial charge in [0.05, 0.1) is 15.7 Å². The van der Waals surface area contributed by atoms with Crippen LogP contribution in [0.1, 0.15) is 46.9 Å². The van der Waals surface area contributed by atoms with Crippen LogP contribution in [0, 0.1) is 0 Å². The van der Waals surface area contributed by atoms with Crippen molar-refractivity contribution in [1.82, 2.24) is 24.5 Å². The number of nitrogens with zero attached hydrogens (tertiary/aromatic N) is 5. The van der Waals surface area contributed by atoms with Crippen molar-refractivity contribution in [3.05, 3.63) is 57.6 Å². The molecule has 0 saturated carbocycles. The molecule has 0 aliphatic carbocycles. The number of alkyl halides is 2. The summed E-state index contributed by atoms with van der Waals surface area (Å²) in [5.74, 6) is -0.216. The lowest BCUT2D eigenvalue weighted by molar-refractivity contribution is 0.0704. The van der Waals surface area contributed by atoms with Crippen LogP contribution in [-0.4, -0.2) is 43.5 Å². The van der Waals surface area contributed by atoms with Crippen LogP contribution in [0.2, 0.25) is 10.0 Å². The van der Waals surface area contributed by atoms with Gasteiger partial charge in [-0.05, 0) is 37.1 Å². The van der Waals surface area contributed by atoms with Gasteiger partial charge in [0.2, 0.25) is 0 Å². The summed E-state index contributed by atoms with van der Waals surface area (Å²) >= 11 is 11.9. The second kappa shape index (κ2) is 7.60. The minimum Gasteiger partial charge on any atom is -0.338 e. The third kappa shape index (κ3) is 3.54. The van der Waals surface area contributed by atoms with E-state index in [4.69, 9.17) is 23.2 Å². The van der Waals surface area contributed by atoms with Gasteiger partial charge in [-0.2, -0.15) is 10.1 Å². The molecular weight excluding hydrogens is 411 g/mol. The lowest BCUT2D eigenvalue weighted by Gasteiger charge is -2.33. The fourth-order valence-corrected chi connectivity index (χ4v) is 3.77. The third-order valence-corrected chi connectivity index (χ3v) is 5.56. The normalized spacial score (nSPS) is 17.5. The number of piperidine rings is 1. The molecule has 3 heterocycles. The Hall–Kier alpha value is -2.32. The first-order valence-corrected chi connectivity index (χ1v) is 9.42. The van der Waals surface area contributed by atoms with E-state index in [0.717, 1.165) is 12.8 Å². The number of carbonyl (C=O) groups excluding carboxylic acids is 1. The molecule has 0 spiro atoms. The minimum absolute atomic E-state index is 0.126. The Balaban J connectivity index is 1.64. The second-order valence-corrected chi connectivity index (χ2v) is 7.41. The maximum Gasteiger partial charge on any atom is 0.280 e. The van der Waals surface area contributed by atoms with Crippen LogP contribution in [0.5, 0.6) is 0 Å². The van der Waals surface area contributed by atoms with E-state index < -0.39 is 6.43 Å². The summed E-state index contributed by atoms with van der Waals surface area (Å²) in [6.45, 7) is 0.948. The summed E-state index contributed by atoms with van der Waals surface area (Å²) < 4.78 is 27.9. The Kier molecular flexibility index (Phi) is 5.16. The first-order valence-electron chi connectivity index (χ1n) is 8.67. The highest BCUT2D eigenvalue weighted by Gasteiger charge is 2.29. The molecule has 10 heteroatoms. The molecule has 1 fully saturated rings. The number of carbonyl (C=O) groups is 1. The van der Waals surface area contributed by atoms with Crippen LogP contribution in [-0.2, 0) is 0 Å². The van der Waals surface area contributed by atoms with Crippen molar-refractivity contribution < 1.29 is 13.6 Å². The standard InChI is InChI=1S/C18H15Cl2F2N5O/c19-12-4-3-10(6-13(12)20)17(28)26-5-1-2-11(8-26)15-7-14(16(21)22)25-18-23-9-24-27(15)18/h3-4,6-7,9,11,16H,1-2,5,8H2/t11-/m0/s1. The number of halogens is 4. The molecule has 0 N–H and O–H groups in total. The van der Waals surface area contributed by atoms with Crippen molar-refractivity contribution in [2.24, 2.45) is 0 Å². The number of rotatable bonds is 3. The quantitative estimate of drug-likeness (QED) is 0.624. The van der Waals surface area contributed by atoms with Gasteiger partial charge in [-0.25, -0.2) is 18.3 Å². The van der Waals surface area contributed by atoms with Gasteiger partial charge in [0, 0.05) is 24.6 Å². The molecule has 1 atom stereocenters. The lowest BCUT2D eigenvalue weighted by Crippen LogP contribution is -2.39. The first-order chi connectivity index (χ1) is 13.4. The molecule has 1 aromatic carbocycles. The molecule has 0 bridgehead atoms. The van der Waals surface area contributed by atoms with Gasteiger partial charge in [0.25, 0.3) is 18.1 Å². The zero-order valence-electron chi connectivity index (χ0n) is 14.5. The molecule has 3 aromatic rings. The molecule has 28 heavy (non-hydrogen) atoms. The molecule has 1 aliphatic rings. The molecule has 1 saturated heterocycles. The SMILES string of the molecule is O=C(c1ccc(Cl)c(Cl)c1)N1CCC[C@H](c2cc(C(F)F)nc3ncnn23)C1. The third-order valence-electron chi connectivity index (χ3n) is 4.82. The number of aromatic nitrogens is 4. The molecule has 4 rings (SSSR count). The lowest BCUT2D eigenvalue weighted by atomic mass is 9.93. The first kappa shape index (κ1) is 19.0. The largest absolute Gasteiger partial charge is 0.338 e. The molecule has 0 unspecified atom stereocenters. The Morgan fingerprint density at radius 2 is 2.04 bits per heavy atom. The van der Waals surface area contributed by atoms with E-state index in [9.17, 15) is 13.6 Å². The maximum absolute atomic E-state index is 13.2. The van der Waals surface area contributed by atoms with E-state index in [1.54, 1.807) is 17.0 Å². The molecule has 2 aromatic heterocycles. The molecule has 1 amide bonds. The van der Waals surface area contributed by atoms with E-state index in [0.29, 0.717) is 34.4 Å². The maximum atomic E-state index is 13.2. The predicted octanol–water partition coefficient (Wildman–Crippen LogP) is 4.39. The van der Waals surface area contributed by atoms with Crippen LogP contribution in [0.25, 0.3) is 5.78 Å². The van der Waals surface area contributed by atoms with E-state index in [1.165, 1.54) is 23.0 Å². The fourth-order valence-electron chi connectivity index (χ4n) is 3.47. The van der Waals surface area contributed by atoms with Crippen molar-refractivity contribution >= 4 is 34.9 Å². The van der Waals surface area contributed by atoms with Gasteiger partial charge in [-0.3, -0.25) is 4.79 Å². The zero-order chi connectivity index (χ0) is 19.8. The monoisotopic (exact) mass is 425 g/mol. The molecular formula is C18H15Cl2F2N5O. The van der Waals surface area contributed by atoms with Gasteiger partial charge in [0.15, 0.2) is 0 Å². The van der Waals surface area contributed by atoms with Crippen molar-refractivity contribution in [3.8, 4) is 0 Å². The Morgan fingerprint density at radius 3 is 2.79 bits per heavy atom. The second-order valence-electron chi connectivity index (χ2n) is 6.60. The minimum atomic E-state index is -2.71. The smallest absolute Gasteiger partial charge is 0.280 e. The number of likely N-dealkylation sites (tertiary alicyclic amines) is 1. The molecule has 146 valence electrons. The van der Waals surface area contributed by atoms with Crippen LogP contribution in [0.15, 0.2) is 30.6 Å². The van der Waals surface area contributed by atoms with Gasteiger partial charge >= 0.3 is 0 Å². The highest BCUT2D eigenvalue weighted by atomic mass is 35.5. The van der Waals surface area contributed by atoms with Crippen LogP contribution < -0.4 is 0 Å². The predicted molar refractivity (Wildman–Crippen MR) is 100 cm³/mol. The zero-order valence-corrected chi connectivity index (χ0v) is 16.0. The van der Waals surface area contributed by atoms with E-state index in [-0.39, 0.29) is 23.3 Å². The number of fused-ring (bicyclic) bond motifs is 1. The van der Waals surface area contributed by atoms with E-state index in [2.05, 4.69) is 15.1 Å².